The largest absolute Gasteiger partial charge is 0.494 e. The molecular formula is C25H20BrFN4O3S. The molecule has 35 heavy (non-hydrogen) atoms. The minimum absolute atomic E-state index is 0.0554. The maximum absolute atomic E-state index is 13.8. The second kappa shape index (κ2) is 11.3. The zero-order valence-corrected chi connectivity index (χ0v) is 21.0. The number of fused-ring (bicyclic) bond motifs is 1. The summed E-state index contributed by atoms with van der Waals surface area (Å²) in [6.45, 7) is 2.43. The van der Waals surface area contributed by atoms with E-state index in [9.17, 15) is 14.0 Å². The number of carbonyl (C=O) groups excluding carboxylic acids is 1. The number of para-hydroxylation sites is 1. The Bertz CT molecular complexity index is 1460. The van der Waals surface area contributed by atoms with Gasteiger partial charge in [-0.1, -0.05) is 39.8 Å². The molecule has 178 valence electrons. The number of thioether (sulfide) groups is 1. The third kappa shape index (κ3) is 5.95. The first kappa shape index (κ1) is 24.6. The molecule has 1 amide bonds. The predicted molar refractivity (Wildman–Crippen MR) is 139 cm³/mol. The standard InChI is InChI=1S/C25H20BrFN4O3S/c1-2-34-19-10-8-18(9-11-19)31-24(33)20-5-3-4-6-22(20)29-25(31)35-15-23(32)30-28-14-16-13-17(26)7-12-21(16)27/h3-14H,2,15H2,1H3,(H,30,32). The minimum Gasteiger partial charge on any atom is -0.494 e. The maximum atomic E-state index is 13.8. The molecule has 0 aliphatic rings. The van der Waals surface area contributed by atoms with Crippen LogP contribution in [0, 0.1) is 5.82 Å². The number of hydrogen-bond acceptors (Lipinski definition) is 6. The summed E-state index contributed by atoms with van der Waals surface area (Å²) < 4.78 is 21.5. The van der Waals surface area contributed by atoms with Gasteiger partial charge in [0, 0.05) is 10.0 Å². The molecule has 0 bridgehead atoms. The first-order valence-corrected chi connectivity index (χ1v) is 12.4. The van der Waals surface area contributed by atoms with Crippen molar-refractivity contribution < 1.29 is 13.9 Å². The summed E-state index contributed by atoms with van der Waals surface area (Å²) in [5, 5.41) is 4.65. The van der Waals surface area contributed by atoms with E-state index < -0.39 is 11.7 Å². The van der Waals surface area contributed by atoms with Crippen molar-refractivity contribution in [3.63, 3.8) is 0 Å². The molecule has 0 radical (unpaired) electrons. The van der Waals surface area contributed by atoms with Crippen LogP contribution in [-0.4, -0.2) is 34.0 Å². The van der Waals surface area contributed by atoms with Crippen molar-refractivity contribution in [3.8, 4) is 11.4 Å². The van der Waals surface area contributed by atoms with Crippen molar-refractivity contribution >= 4 is 50.7 Å². The lowest BCUT2D eigenvalue weighted by molar-refractivity contribution is -0.118. The molecule has 0 atom stereocenters. The van der Waals surface area contributed by atoms with Gasteiger partial charge in [0.1, 0.15) is 11.6 Å². The van der Waals surface area contributed by atoms with Crippen LogP contribution in [0.3, 0.4) is 0 Å². The Balaban J connectivity index is 1.56. The van der Waals surface area contributed by atoms with Gasteiger partial charge in [-0.2, -0.15) is 5.10 Å². The molecule has 0 saturated heterocycles. The number of ether oxygens (including phenoxy) is 1. The number of hydrazone groups is 1. The molecule has 0 aliphatic heterocycles. The Morgan fingerprint density at radius 3 is 2.74 bits per heavy atom. The number of nitrogens with one attached hydrogen (secondary N) is 1. The van der Waals surface area contributed by atoms with Crippen LogP contribution in [0.1, 0.15) is 12.5 Å². The highest BCUT2D eigenvalue weighted by atomic mass is 79.9. The first-order chi connectivity index (χ1) is 17.0. The monoisotopic (exact) mass is 554 g/mol. The van der Waals surface area contributed by atoms with Crippen LogP contribution in [0.4, 0.5) is 4.39 Å². The van der Waals surface area contributed by atoms with Crippen LogP contribution in [0.15, 0.2) is 86.3 Å². The highest BCUT2D eigenvalue weighted by molar-refractivity contribution is 9.10. The average molecular weight is 555 g/mol. The van der Waals surface area contributed by atoms with Gasteiger partial charge < -0.3 is 4.74 Å². The van der Waals surface area contributed by atoms with Gasteiger partial charge in [0.15, 0.2) is 5.16 Å². The smallest absolute Gasteiger partial charge is 0.266 e. The quantitative estimate of drug-likeness (QED) is 0.144. The number of aromatic nitrogens is 2. The van der Waals surface area contributed by atoms with Crippen LogP contribution in [0.5, 0.6) is 5.75 Å². The van der Waals surface area contributed by atoms with Gasteiger partial charge in [-0.25, -0.2) is 14.8 Å². The average Bonchev–Trinajstić information content (AvgIpc) is 2.86. The van der Waals surface area contributed by atoms with E-state index in [2.05, 4.69) is 31.4 Å². The van der Waals surface area contributed by atoms with E-state index in [4.69, 9.17) is 4.74 Å². The SMILES string of the molecule is CCOc1ccc(-n2c(SCC(=O)NN=Cc3cc(Br)ccc3F)nc3ccccc3c2=O)cc1. The minimum atomic E-state index is -0.458. The summed E-state index contributed by atoms with van der Waals surface area (Å²) in [7, 11) is 0. The molecule has 0 spiro atoms. The number of amides is 1. The first-order valence-electron chi connectivity index (χ1n) is 10.6. The molecule has 0 aliphatic carbocycles. The van der Waals surface area contributed by atoms with Crippen molar-refractivity contribution in [3.05, 3.63) is 92.9 Å². The Kier molecular flexibility index (Phi) is 7.94. The molecule has 1 heterocycles. The highest BCUT2D eigenvalue weighted by Gasteiger charge is 2.15. The molecule has 0 fully saturated rings. The normalized spacial score (nSPS) is 11.2. The number of hydrogen-bond donors (Lipinski definition) is 1. The van der Waals surface area contributed by atoms with Crippen LogP contribution < -0.4 is 15.7 Å². The van der Waals surface area contributed by atoms with Crippen LogP contribution in [-0.2, 0) is 4.79 Å². The molecule has 7 nitrogen and oxygen atoms in total. The van der Waals surface area contributed by atoms with Gasteiger partial charge in [-0.15, -0.1) is 0 Å². The molecule has 4 rings (SSSR count). The molecule has 1 N–H and O–H groups in total. The van der Waals surface area contributed by atoms with Gasteiger partial charge in [0.05, 0.1) is 35.2 Å². The van der Waals surface area contributed by atoms with E-state index in [0.29, 0.717) is 38.6 Å². The molecule has 4 aromatic rings. The van der Waals surface area contributed by atoms with Gasteiger partial charge in [0.2, 0.25) is 0 Å². The third-order valence-electron chi connectivity index (χ3n) is 4.83. The lowest BCUT2D eigenvalue weighted by Crippen LogP contribution is -2.24. The highest BCUT2D eigenvalue weighted by Crippen LogP contribution is 2.23. The van der Waals surface area contributed by atoms with Gasteiger partial charge >= 0.3 is 0 Å². The zero-order valence-electron chi connectivity index (χ0n) is 18.6. The number of nitrogens with zero attached hydrogens (tertiary/aromatic N) is 3. The molecule has 3 aromatic carbocycles. The zero-order chi connectivity index (χ0) is 24.8. The molecule has 0 unspecified atom stereocenters. The lowest BCUT2D eigenvalue weighted by Gasteiger charge is -2.13. The lowest BCUT2D eigenvalue weighted by atomic mass is 10.2. The summed E-state index contributed by atoms with van der Waals surface area (Å²) in [4.78, 5) is 30.3. The molecule has 1 aromatic heterocycles. The fourth-order valence-electron chi connectivity index (χ4n) is 3.24. The molecule has 0 saturated carbocycles. The van der Waals surface area contributed by atoms with Crippen LogP contribution in [0.25, 0.3) is 16.6 Å². The Labute approximate surface area is 213 Å². The second-order valence-corrected chi connectivity index (χ2v) is 9.08. The van der Waals surface area contributed by atoms with E-state index in [1.54, 1.807) is 60.7 Å². The Morgan fingerprint density at radius 2 is 1.97 bits per heavy atom. The third-order valence-corrected chi connectivity index (χ3v) is 6.27. The number of carbonyl (C=O) groups is 1. The fraction of sp³-hybridized carbons (Fsp3) is 0.120. The van der Waals surface area contributed by atoms with Gasteiger partial charge in [0.25, 0.3) is 11.5 Å². The van der Waals surface area contributed by atoms with E-state index in [1.807, 2.05) is 6.92 Å². The number of rotatable bonds is 8. The Hall–Kier alpha value is -3.50. The molecular weight excluding hydrogens is 535 g/mol. The van der Waals surface area contributed by atoms with E-state index in [1.165, 1.54) is 16.8 Å². The van der Waals surface area contributed by atoms with E-state index in [0.717, 1.165) is 11.8 Å². The van der Waals surface area contributed by atoms with Crippen molar-refractivity contribution in [1.82, 2.24) is 15.0 Å². The number of benzene rings is 3. The maximum Gasteiger partial charge on any atom is 0.266 e. The van der Waals surface area contributed by atoms with Crippen molar-refractivity contribution in [1.29, 1.82) is 0 Å². The Morgan fingerprint density at radius 1 is 1.20 bits per heavy atom. The fourth-order valence-corrected chi connectivity index (χ4v) is 4.43. The van der Waals surface area contributed by atoms with Crippen LogP contribution >= 0.6 is 27.7 Å². The van der Waals surface area contributed by atoms with Gasteiger partial charge in [-0.05, 0) is 61.5 Å². The number of halogens is 2. The summed E-state index contributed by atoms with van der Waals surface area (Å²) in [5.41, 5.74) is 3.49. The van der Waals surface area contributed by atoms with Gasteiger partial charge in [-0.3, -0.25) is 14.2 Å². The van der Waals surface area contributed by atoms with Crippen LogP contribution in [0.2, 0.25) is 0 Å². The summed E-state index contributed by atoms with van der Waals surface area (Å²) in [5.74, 6) is -0.255. The summed E-state index contributed by atoms with van der Waals surface area (Å²) in [6, 6.07) is 18.5. The topological polar surface area (TPSA) is 85.6 Å². The van der Waals surface area contributed by atoms with E-state index >= 15 is 0 Å². The van der Waals surface area contributed by atoms with E-state index in [-0.39, 0.29) is 16.9 Å². The predicted octanol–water partition coefficient (Wildman–Crippen LogP) is 4.93. The van der Waals surface area contributed by atoms with Crippen molar-refractivity contribution in [2.75, 3.05) is 12.4 Å². The molecule has 10 heteroatoms. The van der Waals surface area contributed by atoms with Crippen molar-refractivity contribution in [2.45, 2.75) is 12.1 Å². The van der Waals surface area contributed by atoms with Crippen molar-refractivity contribution in [2.24, 2.45) is 5.10 Å². The summed E-state index contributed by atoms with van der Waals surface area (Å²) in [6.07, 6.45) is 1.23. The summed E-state index contributed by atoms with van der Waals surface area (Å²) >= 11 is 4.37. The second-order valence-electron chi connectivity index (χ2n) is 7.23.